The summed E-state index contributed by atoms with van der Waals surface area (Å²) >= 11 is 0. The van der Waals surface area contributed by atoms with Crippen LogP contribution in [0, 0.1) is 0 Å². The number of carbonyl (C=O) groups is 2. The number of benzene rings is 4. The summed E-state index contributed by atoms with van der Waals surface area (Å²) in [6.07, 6.45) is -0.920. The summed E-state index contributed by atoms with van der Waals surface area (Å²) in [6, 6.07) is 33.2. The minimum Gasteiger partial charge on any atom is -0.349 e. The van der Waals surface area contributed by atoms with Crippen molar-refractivity contribution >= 4 is 11.8 Å². The molecule has 8 heteroatoms. The van der Waals surface area contributed by atoms with Crippen LogP contribution < -0.4 is 10.6 Å². The van der Waals surface area contributed by atoms with E-state index in [-0.39, 0.29) is 17.9 Å². The van der Waals surface area contributed by atoms with Gasteiger partial charge in [-0.05, 0) is 71.7 Å². The lowest BCUT2D eigenvalue weighted by molar-refractivity contribution is -0.141. The predicted octanol–water partition coefficient (Wildman–Crippen LogP) is 7.85. The molecule has 250 valence electrons. The van der Waals surface area contributed by atoms with Gasteiger partial charge in [-0.15, -0.1) is 0 Å². The number of carbonyl (C=O) groups excluding carboxylic acids is 2. The highest BCUT2D eigenvalue weighted by molar-refractivity contribution is 6.00. The third-order valence-corrected chi connectivity index (χ3v) is 10.1. The number of alkyl halides is 3. The van der Waals surface area contributed by atoms with Crippen LogP contribution in [-0.4, -0.2) is 55.1 Å². The summed E-state index contributed by atoms with van der Waals surface area (Å²) in [4.78, 5) is 29.5. The van der Waals surface area contributed by atoms with Crippen LogP contribution in [0.2, 0.25) is 0 Å². The Hall–Kier alpha value is -4.43. The normalized spacial score (nSPS) is 16.5. The van der Waals surface area contributed by atoms with Crippen molar-refractivity contribution in [3.8, 4) is 11.1 Å². The van der Waals surface area contributed by atoms with E-state index < -0.39 is 24.0 Å². The van der Waals surface area contributed by atoms with Crippen molar-refractivity contribution in [2.75, 3.05) is 26.2 Å². The summed E-state index contributed by atoms with van der Waals surface area (Å²) in [6.45, 7) is 3.27. The average molecular weight is 654 g/mol. The van der Waals surface area contributed by atoms with Gasteiger partial charge in [0.2, 0.25) is 5.91 Å². The molecule has 1 fully saturated rings. The zero-order valence-corrected chi connectivity index (χ0v) is 27.2. The second kappa shape index (κ2) is 14.4. The third kappa shape index (κ3) is 7.04. The average Bonchev–Trinajstić information content (AvgIpc) is 3.40. The molecule has 48 heavy (non-hydrogen) atoms. The van der Waals surface area contributed by atoms with Gasteiger partial charge in [0.1, 0.15) is 12.0 Å². The van der Waals surface area contributed by atoms with Gasteiger partial charge in [0, 0.05) is 30.6 Å². The smallest absolute Gasteiger partial charge is 0.349 e. The molecule has 4 aromatic rings. The molecule has 1 aliphatic carbocycles. The Morgan fingerprint density at radius 1 is 0.812 bits per heavy atom. The molecule has 0 aromatic heterocycles. The minimum absolute atomic E-state index is 0.0435. The lowest BCUT2D eigenvalue weighted by atomic mass is 9.73. The minimum atomic E-state index is -4.50. The first-order chi connectivity index (χ1) is 23.2. The number of fused-ring (bicyclic) bond motifs is 3. The van der Waals surface area contributed by atoms with Gasteiger partial charge in [0.05, 0.1) is 0 Å². The molecule has 2 aliphatic rings. The second-order valence-corrected chi connectivity index (χ2v) is 13.1. The topological polar surface area (TPSA) is 61.4 Å². The molecule has 1 heterocycles. The molecule has 4 aromatic carbocycles. The molecule has 5 nitrogen and oxygen atoms in total. The Balaban J connectivity index is 1.05. The fraction of sp³-hybridized carbons (Fsp3) is 0.350. The van der Waals surface area contributed by atoms with Crippen LogP contribution in [0.4, 0.5) is 13.2 Å². The molecule has 1 saturated heterocycles. The van der Waals surface area contributed by atoms with Crippen molar-refractivity contribution < 1.29 is 22.8 Å². The molecule has 1 unspecified atom stereocenters. The van der Waals surface area contributed by atoms with Crippen LogP contribution in [0.3, 0.4) is 0 Å². The fourth-order valence-corrected chi connectivity index (χ4v) is 7.58. The Bertz CT molecular complexity index is 1690. The van der Waals surface area contributed by atoms with Gasteiger partial charge in [-0.3, -0.25) is 9.59 Å². The number of rotatable bonds is 11. The number of nitrogens with zero attached hydrogens (tertiary/aromatic N) is 1. The molecular weight excluding hydrogens is 611 g/mol. The quantitative estimate of drug-likeness (QED) is 0.162. The third-order valence-electron chi connectivity index (χ3n) is 10.1. The predicted molar refractivity (Wildman–Crippen MR) is 183 cm³/mol. The first-order valence-corrected chi connectivity index (χ1v) is 16.9. The van der Waals surface area contributed by atoms with Gasteiger partial charge in [-0.2, -0.15) is 13.2 Å². The van der Waals surface area contributed by atoms with Crippen molar-refractivity contribution in [3.63, 3.8) is 0 Å². The van der Waals surface area contributed by atoms with Crippen molar-refractivity contribution in [1.29, 1.82) is 0 Å². The molecule has 1 atom stereocenters. The molecule has 0 saturated carbocycles. The van der Waals surface area contributed by atoms with Crippen molar-refractivity contribution in [2.24, 2.45) is 0 Å². The molecular formula is C40H42F3N3O2. The number of hydrogen-bond donors (Lipinski definition) is 2. The van der Waals surface area contributed by atoms with Crippen LogP contribution in [0.5, 0.6) is 0 Å². The highest BCUT2D eigenvalue weighted by Crippen LogP contribution is 2.51. The van der Waals surface area contributed by atoms with E-state index in [1.165, 1.54) is 5.56 Å². The van der Waals surface area contributed by atoms with Crippen LogP contribution >= 0.6 is 0 Å². The summed E-state index contributed by atoms with van der Waals surface area (Å²) in [7, 11) is 0. The van der Waals surface area contributed by atoms with E-state index in [4.69, 9.17) is 0 Å². The molecule has 0 radical (unpaired) electrons. The lowest BCUT2D eigenvalue weighted by Gasteiger charge is -2.33. The molecule has 0 bridgehead atoms. The zero-order chi connectivity index (χ0) is 33.7. The maximum absolute atomic E-state index is 13.7. The van der Waals surface area contributed by atoms with Crippen molar-refractivity contribution in [2.45, 2.75) is 62.6 Å². The number of likely N-dealkylation sites (tertiary alicyclic amines) is 1. The van der Waals surface area contributed by atoms with E-state index in [1.807, 2.05) is 91.0 Å². The SMILES string of the molecule is CC(c1ccccc1)c1ccccc1C(=O)NC1CCN(CCCCC2(C(=O)NCC(F)(F)F)c3ccccc3-c3ccccc32)CC1. The Kier molecular flexibility index (Phi) is 10.0. The number of halogens is 3. The van der Waals surface area contributed by atoms with Gasteiger partial charge in [0.15, 0.2) is 0 Å². The maximum Gasteiger partial charge on any atom is 0.405 e. The lowest BCUT2D eigenvalue weighted by Crippen LogP contribution is -2.47. The summed E-state index contributed by atoms with van der Waals surface area (Å²) in [5.41, 5.74) is 5.04. The van der Waals surface area contributed by atoms with E-state index in [9.17, 15) is 22.8 Å². The van der Waals surface area contributed by atoms with Gasteiger partial charge in [0.25, 0.3) is 5.91 Å². The van der Waals surface area contributed by atoms with Gasteiger partial charge >= 0.3 is 6.18 Å². The summed E-state index contributed by atoms with van der Waals surface area (Å²) in [5, 5.41) is 5.49. The highest BCUT2D eigenvalue weighted by atomic mass is 19.4. The number of hydrogen-bond acceptors (Lipinski definition) is 3. The second-order valence-electron chi connectivity index (χ2n) is 13.1. The van der Waals surface area contributed by atoms with E-state index >= 15 is 0 Å². The van der Waals surface area contributed by atoms with Crippen LogP contribution in [0.1, 0.15) is 77.6 Å². The van der Waals surface area contributed by atoms with Gasteiger partial charge in [-0.25, -0.2) is 0 Å². The largest absolute Gasteiger partial charge is 0.405 e. The van der Waals surface area contributed by atoms with E-state index in [1.54, 1.807) is 0 Å². The van der Waals surface area contributed by atoms with Crippen LogP contribution in [0.25, 0.3) is 11.1 Å². The number of piperidine rings is 1. The van der Waals surface area contributed by atoms with Crippen molar-refractivity contribution in [1.82, 2.24) is 15.5 Å². The van der Waals surface area contributed by atoms with E-state index in [2.05, 4.69) is 34.6 Å². The highest BCUT2D eigenvalue weighted by Gasteiger charge is 2.49. The number of amides is 2. The summed E-state index contributed by atoms with van der Waals surface area (Å²) < 4.78 is 39.6. The van der Waals surface area contributed by atoms with E-state index in [0.29, 0.717) is 18.4 Å². The molecule has 1 aliphatic heterocycles. The Morgan fingerprint density at radius 2 is 1.40 bits per heavy atom. The molecule has 0 spiro atoms. The molecule has 2 amide bonds. The standard InChI is InChI=1S/C40H42F3N3O2/c1-28(29-13-3-2-4-14-29)31-15-5-6-18-34(31)37(47)45-30-21-25-46(26-22-30)24-12-11-23-39(38(48)44-27-40(41,42)43)35-19-9-7-16-32(35)33-17-8-10-20-36(33)39/h2-10,13-20,28,30H,11-12,21-27H2,1H3,(H,44,48)(H,45,47). The van der Waals surface area contributed by atoms with Crippen molar-refractivity contribution in [3.05, 3.63) is 131 Å². The monoisotopic (exact) mass is 653 g/mol. The van der Waals surface area contributed by atoms with Gasteiger partial charge < -0.3 is 15.5 Å². The summed E-state index contributed by atoms with van der Waals surface area (Å²) in [5.74, 6) is -0.553. The zero-order valence-electron chi connectivity index (χ0n) is 27.2. The fourth-order valence-electron chi connectivity index (χ4n) is 7.58. The van der Waals surface area contributed by atoms with E-state index in [0.717, 1.165) is 66.7 Å². The maximum atomic E-state index is 13.7. The number of unbranched alkanes of at least 4 members (excludes halogenated alkanes) is 1. The molecule has 2 N–H and O–H groups in total. The molecule has 6 rings (SSSR count). The first kappa shape index (κ1) is 33.5. The Labute approximate surface area is 280 Å². The van der Waals surface area contributed by atoms with Gasteiger partial charge in [-0.1, -0.05) is 110 Å². The first-order valence-electron chi connectivity index (χ1n) is 16.9. The van der Waals surface area contributed by atoms with Crippen LogP contribution in [-0.2, 0) is 10.2 Å². The number of nitrogens with one attached hydrogen (secondary N) is 2. The van der Waals surface area contributed by atoms with Crippen LogP contribution in [0.15, 0.2) is 103 Å². The Morgan fingerprint density at radius 3 is 2.04 bits per heavy atom.